The fourth-order valence-electron chi connectivity index (χ4n) is 7.92. The number of carbonyl (C=O) groups excluding carboxylic acids is 3. The Bertz CT molecular complexity index is 2250. The Labute approximate surface area is 327 Å². The molecule has 5 atom stereocenters. The fraction of sp³-hybridized carbons (Fsp3) is 0.395. The minimum Gasteiger partial charge on any atom is -0.497 e. The number of para-hydroxylation sites is 1. The Morgan fingerprint density at radius 3 is 2.46 bits per heavy atom. The Kier molecular flexibility index (Phi) is 10.4. The summed E-state index contributed by atoms with van der Waals surface area (Å²) in [4.78, 5) is 49.6. The van der Waals surface area contributed by atoms with Crippen molar-refractivity contribution in [3.63, 3.8) is 0 Å². The van der Waals surface area contributed by atoms with Crippen LogP contribution in [0.2, 0.25) is 0 Å². The monoisotopic (exact) mass is 777 g/mol. The van der Waals surface area contributed by atoms with Crippen molar-refractivity contribution in [2.45, 2.75) is 86.8 Å². The van der Waals surface area contributed by atoms with E-state index in [2.05, 4.69) is 15.4 Å². The second-order valence-electron chi connectivity index (χ2n) is 15.3. The second-order valence-corrected chi connectivity index (χ2v) is 17.3. The number of carbonyl (C=O) groups is 3. The van der Waals surface area contributed by atoms with Gasteiger partial charge in [-0.25, -0.2) is 13.4 Å². The third kappa shape index (κ3) is 7.95. The number of amides is 3. The molecule has 3 heterocycles. The molecule has 0 spiro atoms. The highest BCUT2D eigenvalue weighted by molar-refractivity contribution is 7.91. The van der Waals surface area contributed by atoms with Gasteiger partial charge in [0.15, 0.2) is 0 Å². The number of ether oxygens (including phenoxy) is 2. The zero-order valence-electron chi connectivity index (χ0n) is 31.4. The van der Waals surface area contributed by atoms with Gasteiger partial charge in [-0.15, -0.1) is 0 Å². The SMILES string of the molecule is COc1ccc2c(O[C@@H]3C[C@H]4C(=O)N[C@]5(C(=O)NS(=O)(=O)C6CC6)C[C@H]5C=CCCCCC[C@H](Nc5ccccc5)C(=O)N4C3)cc(-c3ccccc3)nc2c1. The summed E-state index contributed by atoms with van der Waals surface area (Å²) in [6.07, 6.45) is 8.61. The number of nitrogens with one attached hydrogen (secondary N) is 3. The molecule has 292 valence electrons. The minimum atomic E-state index is -3.86. The maximum Gasteiger partial charge on any atom is 0.259 e. The molecule has 56 heavy (non-hydrogen) atoms. The molecule has 3 fully saturated rings. The number of pyridine rings is 1. The van der Waals surface area contributed by atoms with Crippen molar-refractivity contribution < 1.29 is 32.3 Å². The lowest BCUT2D eigenvalue weighted by Gasteiger charge is -2.30. The van der Waals surface area contributed by atoms with Crippen molar-refractivity contribution in [2.24, 2.45) is 5.92 Å². The van der Waals surface area contributed by atoms with Crippen LogP contribution in [0.3, 0.4) is 0 Å². The lowest BCUT2D eigenvalue weighted by molar-refractivity contribution is -0.140. The second kappa shape index (κ2) is 15.6. The molecular formula is C43H47N5O7S. The standard InChI is InChI=1S/C43H47N5O7S/c1-54-31-19-22-34-37(23-31)45-36(28-13-7-5-8-14-28)25-39(34)55-32-24-38-40(49)46-43(42(51)47-56(52,53)33-20-21-33)26-29(43)15-9-3-2-4-12-18-35(41(50)48(38)27-32)44-30-16-10-6-11-17-30/h5-11,13-17,19,22-23,25,29,32-33,35,38,44H,2-4,12,18,20-21,24,26-27H2,1H3,(H,46,49)(H,47,51)/t29-,32-,35+,38+,43-/m1/s1. The van der Waals surface area contributed by atoms with E-state index >= 15 is 0 Å². The first-order valence-electron chi connectivity index (χ1n) is 19.5. The molecule has 0 unspecified atom stereocenters. The van der Waals surface area contributed by atoms with Crippen molar-refractivity contribution in [1.82, 2.24) is 19.9 Å². The van der Waals surface area contributed by atoms with E-state index in [0.29, 0.717) is 42.0 Å². The molecule has 0 radical (unpaired) electrons. The van der Waals surface area contributed by atoms with E-state index in [-0.39, 0.29) is 31.2 Å². The van der Waals surface area contributed by atoms with Crippen molar-refractivity contribution in [3.05, 3.63) is 97.1 Å². The maximum atomic E-state index is 14.7. The molecule has 3 aromatic carbocycles. The van der Waals surface area contributed by atoms with Crippen LogP contribution < -0.4 is 24.8 Å². The molecule has 1 saturated heterocycles. The van der Waals surface area contributed by atoms with Gasteiger partial charge in [-0.1, -0.05) is 73.5 Å². The topological polar surface area (TPSA) is 156 Å². The van der Waals surface area contributed by atoms with Crippen LogP contribution in [0.5, 0.6) is 11.5 Å². The summed E-state index contributed by atoms with van der Waals surface area (Å²) in [6, 6.07) is 25.1. The van der Waals surface area contributed by atoms with Gasteiger partial charge >= 0.3 is 0 Å². The van der Waals surface area contributed by atoms with Gasteiger partial charge < -0.3 is 25.0 Å². The number of hydrogen-bond donors (Lipinski definition) is 3. The lowest BCUT2D eigenvalue weighted by Crippen LogP contribution is -2.57. The van der Waals surface area contributed by atoms with Gasteiger partial charge in [0, 0.05) is 41.1 Å². The molecule has 12 nitrogen and oxygen atoms in total. The van der Waals surface area contributed by atoms with Crippen LogP contribution in [0.15, 0.2) is 97.1 Å². The maximum absolute atomic E-state index is 14.7. The number of hydrogen-bond acceptors (Lipinski definition) is 9. The van der Waals surface area contributed by atoms with Crippen LogP contribution in [0, 0.1) is 5.92 Å². The van der Waals surface area contributed by atoms with Crippen molar-refractivity contribution in [3.8, 4) is 22.8 Å². The van der Waals surface area contributed by atoms with E-state index in [1.807, 2.05) is 97.1 Å². The molecule has 2 saturated carbocycles. The minimum absolute atomic E-state index is 0.114. The first-order chi connectivity index (χ1) is 27.1. The summed E-state index contributed by atoms with van der Waals surface area (Å²) >= 11 is 0. The first kappa shape index (κ1) is 37.5. The highest BCUT2D eigenvalue weighted by Crippen LogP contribution is 2.46. The fourth-order valence-corrected chi connectivity index (χ4v) is 9.28. The van der Waals surface area contributed by atoms with Gasteiger partial charge in [0.1, 0.15) is 35.2 Å². The molecule has 3 N–H and O–H groups in total. The molecule has 3 amide bonds. The third-order valence-electron chi connectivity index (χ3n) is 11.3. The van der Waals surface area contributed by atoms with Crippen LogP contribution in [0.25, 0.3) is 22.2 Å². The van der Waals surface area contributed by atoms with E-state index in [9.17, 15) is 22.8 Å². The number of allylic oxidation sites excluding steroid dienone is 1. The average molecular weight is 778 g/mol. The Morgan fingerprint density at radius 1 is 0.946 bits per heavy atom. The molecule has 1 aromatic heterocycles. The average Bonchev–Trinajstić information content (AvgIpc) is 4.14. The summed E-state index contributed by atoms with van der Waals surface area (Å²) in [5.41, 5.74) is 1.59. The smallest absolute Gasteiger partial charge is 0.259 e. The van der Waals surface area contributed by atoms with Gasteiger partial charge in [0.2, 0.25) is 21.8 Å². The summed E-state index contributed by atoms with van der Waals surface area (Å²) < 4.78 is 40.4. The highest BCUT2D eigenvalue weighted by Gasteiger charge is 2.62. The van der Waals surface area contributed by atoms with Crippen molar-refractivity contribution in [1.29, 1.82) is 0 Å². The molecule has 13 heteroatoms. The number of methoxy groups -OCH3 is 1. The largest absolute Gasteiger partial charge is 0.497 e. The summed E-state index contributed by atoms with van der Waals surface area (Å²) in [5.74, 6) is -0.705. The van der Waals surface area contributed by atoms with E-state index in [0.717, 1.165) is 42.3 Å². The predicted molar refractivity (Wildman–Crippen MR) is 213 cm³/mol. The number of rotatable bonds is 9. The van der Waals surface area contributed by atoms with E-state index in [4.69, 9.17) is 14.5 Å². The Morgan fingerprint density at radius 2 is 1.71 bits per heavy atom. The summed E-state index contributed by atoms with van der Waals surface area (Å²) in [6.45, 7) is 0.114. The predicted octanol–water partition coefficient (Wildman–Crippen LogP) is 5.74. The Balaban J connectivity index is 1.13. The first-order valence-corrected chi connectivity index (χ1v) is 21.1. The zero-order valence-corrected chi connectivity index (χ0v) is 32.2. The molecule has 4 aliphatic rings. The van der Waals surface area contributed by atoms with Crippen LogP contribution in [-0.2, 0) is 24.4 Å². The number of sulfonamides is 1. The van der Waals surface area contributed by atoms with Gasteiger partial charge in [-0.3, -0.25) is 19.1 Å². The molecule has 0 bridgehead atoms. The van der Waals surface area contributed by atoms with E-state index in [1.165, 1.54) is 0 Å². The van der Waals surface area contributed by atoms with E-state index < -0.39 is 50.8 Å². The quantitative estimate of drug-likeness (QED) is 0.181. The van der Waals surface area contributed by atoms with Gasteiger partial charge in [-0.2, -0.15) is 0 Å². The summed E-state index contributed by atoms with van der Waals surface area (Å²) in [7, 11) is -2.27. The van der Waals surface area contributed by atoms with Gasteiger partial charge in [0.05, 0.1) is 30.1 Å². The summed E-state index contributed by atoms with van der Waals surface area (Å²) in [5, 5.41) is 6.55. The molecule has 2 aliphatic heterocycles. The van der Waals surface area contributed by atoms with Gasteiger partial charge in [0.25, 0.3) is 5.91 Å². The van der Waals surface area contributed by atoms with Gasteiger partial charge in [-0.05, 0) is 62.8 Å². The highest BCUT2D eigenvalue weighted by atomic mass is 32.2. The number of anilines is 1. The van der Waals surface area contributed by atoms with E-state index in [1.54, 1.807) is 12.0 Å². The van der Waals surface area contributed by atoms with Crippen molar-refractivity contribution in [2.75, 3.05) is 19.0 Å². The molecule has 4 aromatic rings. The lowest BCUT2D eigenvalue weighted by atomic mass is 10.0. The third-order valence-corrected chi connectivity index (χ3v) is 13.1. The van der Waals surface area contributed by atoms with Crippen LogP contribution >= 0.6 is 0 Å². The number of nitrogens with zero attached hydrogens (tertiary/aromatic N) is 2. The van der Waals surface area contributed by atoms with Crippen LogP contribution in [-0.4, -0.2) is 78.7 Å². The molecule has 8 rings (SSSR count). The number of benzene rings is 3. The number of fused-ring (bicyclic) bond motifs is 3. The molecule has 2 aliphatic carbocycles. The zero-order chi connectivity index (χ0) is 38.9. The number of aromatic nitrogens is 1. The molecular weight excluding hydrogens is 731 g/mol. The van der Waals surface area contributed by atoms with Crippen LogP contribution in [0.1, 0.15) is 57.8 Å². The van der Waals surface area contributed by atoms with Crippen LogP contribution in [0.4, 0.5) is 5.69 Å². The normalized spacial score (nSPS) is 25.6. The Hall–Kier alpha value is -5.43. The van der Waals surface area contributed by atoms with Crippen molar-refractivity contribution >= 4 is 44.3 Å².